The molecule has 2 rings (SSSR count). The fourth-order valence-electron chi connectivity index (χ4n) is 1.71. The maximum atomic E-state index is 11.9. The number of phenolic OH excluding ortho intramolecular Hbond substituents is 1. The Hall–Kier alpha value is -2.07. The Morgan fingerprint density at radius 1 is 1.42 bits per heavy atom. The molecule has 0 aliphatic rings. The number of para-hydroxylation sites is 1. The summed E-state index contributed by atoms with van der Waals surface area (Å²) in [6, 6.07) is 6.70. The number of phenols is 1. The smallest absolute Gasteiger partial charge is 0.228 e. The van der Waals surface area contributed by atoms with Crippen molar-refractivity contribution in [2.45, 2.75) is 13.3 Å². The van der Waals surface area contributed by atoms with E-state index in [1.54, 1.807) is 30.6 Å². The summed E-state index contributed by atoms with van der Waals surface area (Å²) in [5.74, 6) is -0.357. The van der Waals surface area contributed by atoms with Crippen molar-refractivity contribution in [1.29, 1.82) is 0 Å². The zero-order valence-corrected chi connectivity index (χ0v) is 11.1. The van der Waals surface area contributed by atoms with Gasteiger partial charge in [-0.25, -0.2) is 0 Å². The first kappa shape index (κ1) is 13.4. The van der Waals surface area contributed by atoms with Crippen LogP contribution in [0, 0.1) is 6.92 Å². The lowest BCUT2D eigenvalue weighted by Crippen LogP contribution is -2.14. The van der Waals surface area contributed by atoms with Crippen molar-refractivity contribution in [1.82, 2.24) is 4.98 Å². The summed E-state index contributed by atoms with van der Waals surface area (Å²) >= 11 is 5.77. The lowest BCUT2D eigenvalue weighted by molar-refractivity contribution is -0.115. The second-order valence-electron chi connectivity index (χ2n) is 4.23. The number of nitrogens with zero attached hydrogens (tertiary/aromatic N) is 1. The molecule has 19 heavy (non-hydrogen) atoms. The fourth-order valence-corrected chi connectivity index (χ4v) is 1.88. The van der Waals surface area contributed by atoms with Gasteiger partial charge in [0.25, 0.3) is 0 Å². The van der Waals surface area contributed by atoms with Crippen LogP contribution >= 0.6 is 11.6 Å². The predicted octanol–water partition coefficient (Wildman–Crippen LogP) is 2.93. The number of pyridine rings is 1. The maximum Gasteiger partial charge on any atom is 0.228 e. The number of aromatic hydroxyl groups is 1. The van der Waals surface area contributed by atoms with E-state index in [1.807, 2.05) is 13.0 Å². The molecular weight excluding hydrogens is 264 g/mol. The van der Waals surface area contributed by atoms with Gasteiger partial charge in [-0.2, -0.15) is 0 Å². The van der Waals surface area contributed by atoms with Crippen molar-refractivity contribution in [2.24, 2.45) is 0 Å². The topological polar surface area (TPSA) is 62.2 Å². The molecule has 1 heterocycles. The first-order valence-electron chi connectivity index (χ1n) is 5.74. The van der Waals surface area contributed by atoms with Crippen LogP contribution in [0.2, 0.25) is 5.02 Å². The van der Waals surface area contributed by atoms with E-state index in [-0.39, 0.29) is 23.1 Å². The summed E-state index contributed by atoms with van der Waals surface area (Å²) < 4.78 is 0. The number of aryl methyl sites for hydroxylation is 1. The summed E-state index contributed by atoms with van der Waals surface area (Å²) in [6.45, 7) is 1.91. The third-order valence-corrected chi connectivity index (χ3v) is 2.86. The molecule has 98 valence electrons. The fraction of sp³-hybridized carbons (Fsp3) is 0.143. The Balaban J connectivity index is 2.08. The predicted molar refractivity (Wildman–Crippen MR) is 74.4 cm³/mol. The van der Waals surface area contributed by atoms with Gasteiger partial charge in [-0.1, -0.05) is 23.7 Å². The van der Waals surface area contributed by atoms with Crippen LogP contribution < -0.4 is 5.32 Å². The summed E-state index contributed by atoms with van der Waals surface area (Å²) in [4.78, 5) is 15.9. The van der Waals surface area contributed by atoms with Crippen LogP contribution in [0.15, 0.2) is 36.7 Å². The van der Waals surface area contributed by atoms with E-state index >= 15 is 0 Å². The molecule has 2 aromatic rings. The monoisotopic (exact) mass is 276 g/mol. The van der Waals surface area contributed by atoms with E-state index in [1.165, 1.54) is 0 Å². The van der Waals surface area contributed by atoms with Gasteiger partial charge in [0.1, 0.15) is 0 Å². The number of aromatic nitrogens is 1. The van der Waals surface area contributed by atoms with E-state index < -0.39 is 0 Å². The molecule has 0 bridgehead atoms. The zero-order chi connectivity index (χ0) is 13.8. The average Bonchev–Trinajstić information content (AvgIpc) is 2.35. The Kier molecular flexibility index (Phi) is 4.02. The van der Waals surface area contributed by atoms with Crippen LogP contribution in [0.4, 0.5) is 5.69 Å². The van der Waals surface area contributed by atoms with Crippen molar-refractivity contribution in [2.75, 3.05) is 5.32 Å². The molecule has 5 heteroatoms. The van der Waals surface area contributed by atoms with Gasteiger partial charge in [0, 0.05) is 12.4 Å². The molecule has 2 N–H and O–H groups in total. The van der Waals surface area contributed by atoms with Gasteiger partial charge in [0.05, 0.1) is 17.1 Å². The van der Waals surface area contributed by atoms with E-state index in [4.69, 9.17) is 11.6 Å². The summed E-state index contributed by atoms with van der Waals surface area (Å²) in [5, 5.41) is 12.5. The van der Waals surface area contributed by atoms with Gasteiger partial charge < -0.3 is 10.4 Å². The number of carbonyl (C=O) groups is 1. The second-order valence-corrected chi connectivity index (χ2v) is 4.64. The second kappa shape index (κ2) is 5.71. The van der Waals surface area contributed by atoms with Crippen molar-refractivity contribution in [3.8, 4) is 5.75 Å². The summed E-state index contributed by atoms with van der Waals surface area (Å²) in [5.41, 5.74) is 2.12. The van der Waals surface area contributed by atoms with E-state index in [0.717, 1.165) is 11.1 Å². The van der Waals surface area contributed by atoms with Gasteiger partial charge >= 0.3 is 0 Å². The van der Waals surface area contributed by atoms with Crippen molar-refractivity contribution in [3.63, 3.8) is 0 Å². The largest absolute Gasteiger partial charge is 0.504 e. The number of anilines is 1. The molecular formula is C14H13ClN2O2. The van der Waals surface area contributed by atoms with E-state index in [9.17, 15) is 9.90 Å². The Morgan fingerprint density at radius 2 is 2.21 bits per heavy atom. The number of halogens is 1. The van der Waals surface area contributed by atoms with Gasteiger partial charge in [-0.3, -0.25) is 9.78 Å². The highest BCUT2D eigenvalue weighted by molar-refractivity contribution is 6.32. The number of rotatable bonds is 3. The van der Waals surface area contributed by atoms with E-state index in [0.29, 0.717) is 5.69 Å². The van der Waals surface area contributed by atoms with Crippen LogP contribution in [-0.4, -0.2) is 16.0 Å². The lowest BCUT2D eigenvalue weighted by Gasteiger charge is -2.08. The Bertz CT molecular complexity index is 614. The van der Waals surface area contributed by atoms with Crippen molar-refractivity contribution >= 4 is 23.2 Å². The van der Waals surface area contributed by atoms with Crippen LogP contribution in [-0.2, 0) is 11.2 Å². The van der Waals surface area contributed by atoms with Gasteiger partial charge in [-0.05, 0) is 30.2 Å². The molecule has 1 amide bonds. The van der Waals surface area contributed by atoms with E-state index in [2.05, 4.69) is 10.3 Å². The SMILES string of the molecule is Cc1cncc(CC(=O)Nc2cccc(Cl)c2O)c1. The molecule has 0 aliphatic heterocycles. The molecule has 0 atom stereocenters. The molecule has 0 radical (unpaired) electrons. The molecule has 0 spiro atoms. The molecule has 0 saturated heterocycles. The number of carbonyl (C=O) groups excluding carboxylic acids is 1. The highest BCUT2D eigenvalue weighted by Crippen LogP contribution is 2.31. The minimum atomic E-state index is -0.232. The molecule has 0 fully saturated rings. The minimum Gasteiger partial charge on any atom is -0.504 e. The molecule has 1 aromatic heterocycles. The number of nitrogens with one attached hydrogen (secondary N) is 1. The van der Waals surface area contributed by atoms with Gasteiger partial charge in [0.2, 0.25) is 5.91 Å². The Labute approximate surface area is 116 Å². The third-order valence-electron chi connectivity index (χ3n) is 2.56. The first-order chi connectivity index (χ1) is 9.06. The third kappa shape index (κ3) is 3.45. The minimum absolute atomic E-state index is 0.125. The summed E-state index contributed by atoms with van der Waals surface area (Å²) in [7, 11) is 0. The first-order valence-corrected chi connectivity index (χ1v) is 6.12. The highest BCUT2D eigenvalue weighted by atomic mass is 35.5. The van der Waals surface area contributed by atoms with Crippen molar-refractivity contribution < 1.29 is 9.90 Å². The molecule has 0 aliphatic carbocycles. The maximum absolute atomic E-state index is 11.9. The normalized spacial score (nSPS) is 10.2. The number of amides is 1. The molecule has 0 unspecified atom stereocenters. The van der Waals surface area contributed by atoms with Crippen LogP contribution in [0.25, 0.3) is 0 Å². The molecule has 4 nitrogen and oxygen atoms in total. The summed E-state index contributed by atoms with van der Waals surface area (Å²) in [6.07, 6.45) is 3.56. The zero-order valence-electron chi connectivity index (χ0n) is 10.4. The highest BCUT2D eigenvalue weighted by Gasteiger charge is 2.09. The van der Waals surface area contributed by atoms with Crippen LogP contribution in [0.3, 0.4) is 0 Å². The van der Waals surface area contributed by atoms with Crippen molar-refractivity contribution in [3.05, 3.63) is 52.8 Å². The number of benzene rings is 1. The number of hydrogen-bond acceptors (Lipinski definition) is 3. The lowest BCUT2D eigenvalue weighted by atomic mass is 10.1. The average molecular weight is 277 g/mol. The van der Waals surface area contributed by atoms with Crippen LogP contribution in [0.1, 0.15) is 11.1 Å². The standard InChI is InChI=1S/C14H13ClN2O2/c1-9-5-10(8-16-7-9)6-13(18)17-12-4-2-3-11(15)14(12)19/h2-5,7-8,19H,6H2,1H3,(H,17,18). The quantitative estimate of drug-likeness (QED) is 0.847. The molecule has 0 saturated carbocycles. The van der Waals surface area contributed by atoms with Gasteiger partial charge in [-0.15, -0.1) is 0 Å². The molecule has 1 aromatic carbocycles. The number of hydrogen-bond donors (Lipinski definition) is 2. The van der Waals surface area contributed by atoms with Gasteiger partial charge in [0.15, 0.2) is 5.75 Å². The Morgan fingerprint density at radius 3 is 2.95 bits per heavy atom. The van der Waals surface area contributed by atoms with Crippen LogP contribution in [0.5, 0.6) is 5.75 Å².